The van der Waals surface area contributed by atoms with E-state index in [1.54, 1.807) is 6.08 Å². The van der Waals surface area contributed by atoms with Crippen LogP contribution in [-0.4, -0.2) is 140 Å². The summed E-state index contributed by atoms with van der Waals surface area (Å²) in [6, 6.07) is -0.914. The van der Waals surface area contributed by atoms with Crippen molar-refractivity contribution < 1.29 is 64.6 Å². The number of allylic oxidation sites excluding steroid dienone is 3. The van der Waals surface area contributed by atoms with E-state index in [-0.39, 0.29) is 18.9 Å². The van der Waals surface area contributed by atoms with Gasteiger partial charge in [0.1, 0.15) is 48.8 Å². The first kappa shape index (κ1) is 94.6. The molecular weight excluding hydrogens is 1250 g/mol. The van der Waals surface area contributed by atoms with Gasteiger partial charge in [-0.05, 0) is 44.9 Å². The summed E-state index contributed by atoms with van der Waals surface area (Å²) in [6.45, 7) is 2.88. The van der Waals surface area contributed by atoms with Crippen LogP contribution < -0.4 is 5.32 Å². The smallest absolute Gasteiger partial charge is 0.220 e. The summed E-state index contributed by atoms with van der Waals surface area (Å²) in [5.41, 5.74) is 0. The van der Waals surface area contributed by atoms with E-state index < -0.39 is 86.8 Å². The van der Waals surface area contributed by atoms with Gasteiger partial charge in [0.05, 0.1) is 32.0 Å². The Hall–Kier alpha value is -1.53. The Morgan fingerprint density at radius 2 is 0.630 bits per heavy atom. The monoisotopic (exact) mass is 1420 g/mol. The van der Waals surface area contributed by atoms with Crippen LogP contribution in [0.1, 0.15) is 425 Å². The molecule has 14 nitrogen and oxygen atoms in total. The van der Waals surface area contributed by atoms with Crippen LogP contribution in [0, 0.1) is 0 Å². The van der Waals surface area contributed by atoms with E-state index in [9.17, 15) is 45.6 Å². The molecule has 0 bridgehead atoms. The van der Waals surface area contributed by atoms with Gasteiger partial charge >= 0.3 is 0 Å². The maximum absolute atomic E-state index is 13.4. The second-order valence-electron chi connectivity index (χ2n) is 31.0. The van der Waals surface area contributed by atoms with Gasteiger partial charge < -0.3 is 65.1 Å². The molecule has 0 aromatic carbocycles. The molecule has 2 aliphatic heterocycles. The molecule has 0 aromatic heterocycles. The minimum Gasteiger partial charge on any atom is -0.394 e. The number of nitrogens with one attached hydrogen (secondary N) is 1. The molecule has 0 radical (unpaired) electrons. The molecule has 12 atom stereocenters. The minimum atomic E-state index is -1.79. The zero-order valence-corrected chi connectivity index (χ0v) is 65.2. The Balaban J connectivity index is 1.56. The van der Waals surface area contributed by atoms with Crippen molar-refractivity contribution in [3.05, 3.63) is 24.3 Å². The highest BCUT2D eigenvalue weighted by Crippen LogP contribution is 2.31. The number of ether oxygens (including phenoxy) is 4. The Labute approximate surface area is 615 Å². The first-order valence-electron chi connectivity index (χ1n) is 43.6. The van der Waals surface area contributed by atoms with E-state index in [1.165, 1.54) is 360 Å². The zero-order valence-electron chi connectivity index (χ0n) is 65.2. The fraction of sp³-hybridized carbons (Fsp3) is 0.942. The van der Waals surface area contributed by atoms with Gasteiger partial charge in [-0.25, -0.2) is 0 Å². The maximum Gasteiger partial charge on any atom is 0.220 e. The van der Waals surface area contributed by atoms with Crippen LogP contribution in [0.5, 0.6) is 0 Å². The van der Waals surface area contributed by atoms with Gasteiger partial charge in [-0.1, -0.05) is 398 Å². The van der Waals surface area contributed by atoms with Crippen molar-refractivity contribution in [2.75, 3.05) is 19.8 Å². The third-order valence-corrected chi connectivity index (χ3v) is 21.6. The molecule has 2 heterocycles. The van der Waals surface area contributed by atoms with Crippen LogP contribution >= 0.6 is 0 Å². The molecule has 1 amide bonds. The van der Waals surface area contributed by atoms with E-state index in [1.807, 2.05) is 6.08 Å². The van der Waals surface area contributed by atoms with Crippen molar-refractivity contribution >= 4 is 5.91 Å². The van der Waals surface area contributed by atoms with Crippen LogP contribution in [0.4, 0.5) is 0 Å². The summed E-state index contributed by atoms with van der Waals surface area (Å²) in [5, 5.41) is 87.8. The Kier molecular flexibility index (Phi) is 66.6. The van der Waals surface area contributed by atoms with Crippen molar-refractivity contribution in [1.29, 1.82) is 0 Å². The van der Waals surface area contributed by atoms with Crippen LogP contribution in [-0.2, 0) is 23.7 Å². The van der Waals surface area contributed by atoms with E-state index in [4.69, 9.17) is 18.9 Å². The van der Waals surface area contributed by atoms with Gasteiger partial charge in [0.2, 0.25) is 5.91 Å². The summed E-state index contributed by atoms with van der Waals surface area (Å²) in [7, 11) is 0. The highest BCUT2D eigenvalue weighted by molar-refractivity contribution is 5.76. The second-order valence-corrected chi connectivity index (χ2v) is 31.0. The molecule has 2 saturated heterocycles. The zero-order chi connectivity index (χ0) is 72.2. The van der Waals surface area contributed by atoms with E-state index in [0.717, 1.165) is 38.5 Å². The van der Waals surface area contributed by atoms with Gasteiger partial charge in [-0.3, -0.25) is 4.79 Å². The predicted molar refractivity (Wildman–Crippen MR) is 415 cm³/mol. The molecule has 2 rings (SSSR count). The second kappa shape index (κ2) is 70.5. The molecule has 2 aliphatic rings. The van der Waals surface area contributed by atoms with Crippen LogP contribution in [0.25, 0.3) is 0 Å². The van der Waals surface area contributed by atoms with Crippen LogP contribution in [0.15, 0.2) is 24.3 Å². The molecule has 0 saturated carbocycles. The van der Waals surface area contributed by atoms with Gasteiger partial charge in [0.15, 0.2) is 12.6 Å². The number of aliphatic hydroxyl groups is 8. The number of carbonyl (C=O) groups excluding carboxylic acids is 1. The molecule has 0 spiro atoms. The number of rotatable bonds is 75. The molecule has 100 heavy (non-hydrogen) atoms. The Morgan fingerprint density at radius 1 is 0.350 bits per heavy atom. The number of carbonyl (C=O) groups is 1. The third-order valence-electron chi connectivity index (χ3n) is 21.6. The summed E-state index contributed by atoms with van der Waals surface area (Å²) >= 11 is 0. The SMILES string of the molecule is CCCCCCCCCC/C=C\CCCCCCCCCCCCCCCCCCCCCCCCCCCCCC(=O)NC(COC1OC(CO)C(OC2OC(CO)C(O)C(O)C2O)C(O)C1O)C(O)/C=C/CCCCCCCCCCCCCCCCCCCCCCCCCCC. The summed E-state index contributed by atoms with van der Waals surface area (Å²) < 4.78 is 23.0. The molecule has 14 heteroatoms. The third kappa shape index (κ3) is 52.5. The number of hydrogen-bond donors (Lipinski definition) is 9. The van der Waals surface area contributed by atoms with Crippen molar-refractivity contribution in [2.45, 2.75) is 498 Å². The van der Waals surface area contributed by atoms with Crippen molar-refractivity contribution in [1.82, 2.24) is 5.32 Å². The lowest BCUT2D eigenvalue weighted by atomic mass is 9.97. The molecule has 12 unspecified atom stereocenters. The predicted octanol–water partition coefficient (Wildman–Crippen LogP) is 20.6. The highest BCUT2D eigenvalue weighted by atomic mass is 16.7. The molecular formula is C86H165NO13. The summed E-state index contributed by atoms with van der Waals surface area (Å²) in [5.74, 6) is -0.229. The highest BCUT2D eigenvalue weighted by Gasteiger charge is 2.51. The average molecular weight is 1420 g/mol. The fourth-order valence-electron chi connectivity index (χ4n) is 14.8. The van der Waals surface area contributed by atoms with Gasteiger partial charge in [0.25, 0.3) is 0 Å². The van der Waals surface area contributed by atoms with Crippen molar-refractivity contribution in [3.8, 4) is 0 Å². The van der Waals surface area contributed by atoms with Gasteiger partial charge in [-0.2, -0.15) is 0 Å². The maximum atomic E-state index is 13.4. The quantitative estimate of drug-likeness (QED) is 0.0204. The summed E-state index contributed by atoms with van der Waals surface area (Å²) in [6.07, 6.45) is 75.8. The van der Waals surface area contributed by atoms with Crippen LogP contribution in [0.3, 0.4) is 0 Å². The van der Waals surface area contributed by atoms with E-state index in [0.29, 0.717) is 6.42 Å². The minimum absolute atomic E-state index is 0.229. The fourth-order valence-corrected chi connectivity index (χ4v) is 14.8. The van der Waals surface area contributed by atoms with Crippen LogP contribution in [0.2, 0.25) is 0 Å². The van der Waals surface area contributed by atoms with E-state index >= 15 is 0 Å². The number of hydrogen-bond acceptors (Lipinski definition) is 13. The largest absolute Gasteiger partial charge is 0.394 e. The molecule has 0 aromatic rings. The van der Waals surface area contributed by atoms with Crippen molar-refractivity contribution in [3.63, 3.8) is 0 Å². The first-order chi connectivity index (χ1) is 49.1. The lowest BCUT2D eigenvalue weighted by Gasteiger charge is -2.46. The molecule has 0 aliphatic carbocycles. The molecule has 9 N–H and O–H groups in total. The standard InChI is InChI=1S/C86H165NO13/c1-3-5-7-9-11-13-15-17-19-21-23-25-27-29-31-32-33-34-35-36-37-38-39-40-41-42-44-46-48-50-52-54-56-58-60-62-64-66-68-70-78(91)87-74(73-97-85-83(96)81(94)84(77(72-89)99-85)100-86-82(95)80(93)79(92)76(71-88)98-86)75(90)69-67-65-63-61-59-57-55-53-51-49-47-45-43-30-28-26-24-22-20-18-16-14-12-10-8-6-4-2/h21,23,67,69,74-77,79-86,88-90,92-96H,3-20,22,24-66,68,70-73H2,1-2H3,(H,87,91)/b23-21-,69-67+. The van der Waals surface area contributed by atoms with E-state index in [2.05, 4.69) is 31.3 Å². The normalized spacial score (nSPS) is 21.9. The number of aliphatic hydroxyl groups excluding tert-OH is 8. The summed E-state index contributed by atoms with van der Waals surface area (Å²) in [4.78, 5) is 13.4. The van der Waals surface area contributed by atoms with Gasteiger partial charge in [-0.15, -0.1) is 0 Å². The molecule has 592 valence electrons. The van der Waals surface area contributed by atoms with Gasteiger partial charge in [0, 0.05) is 6.42 Å². The van der Waals surface area contributed by atoms with Crippen molar-refractivity contribution in [2.24, 2.45) is 0 Å². The lowest BCUT2D eigenvalue weighted by Crippen LogP contribution is -2.65. The molecule has 2 fully saturated rings. The lowest BCUT2D eigenvalue weighted by molar-refractivity contribution is -0.359. The number of amides is 1. The average Bonchev–Trinajstić information content (AvgIpc) is 0.796. The first-order valence-corrected chi connectivity index (χ1v) is 43.6. The Bertz CT molecular complexity index is 1770. The Morgan fingerprint density at radius 3 is 0.950 bits per heavy atom. The topological polar surface area (TPSA) is 228 Å². The number of unbranched alkanes of at least 4 members (excludes halogenated alkanes) is 60.